The Morgan fingerprint density at radius 1 is 1.16 bits per heavy atom. The number of thiophene rings is 1. The lowest BCUT2D eigenvalue weighted by molar-refractivity contribution is 0.171. The summed E-state index contributed by atoms with van der Waals surface area (Å²) in [6.45, 7) is 0. The van der Waals surface area contributed by atoms with Crippen LogP contribution in [-0.2, 0) is 6.42 Å². The molecule has 3 nitrogen and oxygen atoms in total. The first-order valence-electron chi connectivity index (χ1n) is 6.17. The van der Waals surface area contributed by atoms with Crippen molar-refractivity contribution in [2.45, 2.75) is 18.9 Å². The minimum Gasteiger partial charge on any atom is -0.493 e. The van der Waals surface area contributed by atoms with Crippen LogP contribution in [0, 0.1) is 0 Å². The van der Waals surface area contributed by atoms with Crippen molar-refractivity contribution < 1.29 is 14.6 Å². The van der Waals surface area contributed by atoms with E-state index in [0.717, 1.165) is 28.4 Å². The van der Waals surface area contributed by atoms with E-state index in [9.17, 15) is 5.11 Å². The second kappa shape index (κ2) is 6.59. The van der Waals surface area contributed by atoms with E-state index in [0.29, 0.717) is 6.42 Å². The monoisotopic (exact) mass is 278 g/mol. The maximum absolute atomic E-state index is 10.1. The van der Waals surface area contributed by atoms with Crippen LogP contribution in [0.15, 0.2) is 35.7 Å². The third kappa shape index (κ3) is 3.49. The van der Waals surface area contributed by atoms with Crippen LogP contribution in [0.4, 0.5) is 0 Å². The first-order chi connectivity index (χ1) is 9.24. The summed E-state index contributed by atoms with van der Waals surface area (Å²) in [6.07, 6.45) is 1.11. The van der Waals surface area contributed by atoms with Crippen molar-refractivity contribution in [1.29, 1.82) is 0 Å². The quantitative estimate of drug-likeness (QED) is 0.879. The van der Waals surface area contributed by atoms with E-state index in [2.05, 4.69) is 0 Å². The lowest BCUT2D eigenvalue weighted by Crippen LogP contribution is -1.98. The zero-order valence-electron chi connectivity index (χ0n) is 11.1. The van der Waals surface area contributed by atoms with E-state index in [1.54, 1.807) is 25.6 Å². The molecular formula is C15H18O3S. The lowest BCUT2D eigenvalue weighted by atomic mass is 10.1. The van der Waals surface area contributed by atoms with Crippen molar-refractivity contribution in [3.8, 4) is 11.5 Å². The van der Waals surface area contributed by atoms with Gasteiger partial charge in [-0.15, -0.1) is 11.3 Å². The highest BCUT2D eigenvalue weighted by Gasteiger charge is 2.10. The smallest absolute Gasteiger partial charge is 0.160 e. The fourth-order valence-electron chi connectivity index (χ4n) is 1.96. The summed E-state index contributed by atoms with van der Waals surface area (Å²) in [5.41, 5.74) is 1.13. The molecule has 1 aromatic carbocycles. The van der Waals surface area contributed by atoms with Gasteiger partial charge >= 0.3 is 0 Å². The topological polar surface area (TPSA) is 38.7 Å². The molecule has 1 aromatic heterocycles. The number of ether oxygens (including phenoxy) is 2. The van der Waals surface area contributed by atoms with Crippen LogP contribution in [0.1, 0.15) is 23.0 Å². The average Bonchev–Trinajstić information content (AvgIpc) is 2.98. The summed E-state index contributed by atoms with van der Waals surface area (Å²) in [5.74, 6) is 1.45. The van der Waals surface area contributed by atoms with Gasteiger partial charge in [0.1, 0.15) is 0 Å². The molecule has 1 atom stereocenters. The zero-order valence-corrected chi connectivity index (χ0v) is 11.9. The predicted octanol–water partition coefficient (Wildman–Crippen LogP) is 3.43. The maximum atomic E-state index is 10.1. The molecule has 4 heteroatoms. The molecule has 2 aromatic rings. The van der Waals surface area contributed by atoms with E-state index in [4.69, 9.17) is 9.47 Å². The number of hydrogen-bond donors (Lipinski definition) is 1. The van der Waals surface area contributed by atoms with Crippen LogP contribution in [0.2, 0.25) is 0 Å². The molecule has 102 valence electrons. The minimum atomic E-state index is -0.395. The molecule has 0 aliphatic carbocycles. The molecule has 0 aliphatic rings. The van der Waals surface area contributed by atoms with E-state index >= 15 is 0 Å². The molecule has 0 amide bonds. The number of rotatable bonds is 6. The van der Waals surface area contributed by atoms with Crippen LogP contribution in [0.3, 0.4) is 0 Å². The summed E-state index contributed by atoms with van der Waals surface area (Å²) in [5, 5.41) is 12.0. The number of benzene rings is 1. The SMILES string of the molecule is COc1ccc(CCC(O)c2cccs2)cc1OC. The van der Waals surface area contributed by atoms with E-state index < -0.39 is 6.10 Å². The van der Waals surface area contributed by atoms with Crippen LogP contribution < -0.4 is 9.47 Å². The molecule has 1 N–H and O–H groups in total. The first-order valence-corrected chi connectivity index (χ1v) is 7.05. The standard InChI is InChI=1S/C15H18O3S/c1-17-13-8-6-11(10-14(13)18-2)5-7-12(16)15-4-3-9-19-15/h3-4,6,8-10,12,16H,5,7H2,1-2H3. The summed E-state index contributed by atoms with van der Waals surface area (Å²) in [6, 6.07) is 9.78. The molecule has 0 saturated heterocycles. The Kier molecular flexibility index (Phi) is 4.82. The summed E-state index contributed by atoms with van der Waals surface area (Å²) in [4.78, 5) is 1.01. The molecule has 0 fully saturated rings. The van der Waals surface area contributed by atoms with E-state index in [-0.39, 0.29) is 0 Å². The van der Waals surface area contributed by atoms with Gasteiger partial charge in [0, 0.05) is 4.88 Å². The minimum absolute atomic E-state index is 0.395. The van der Waals surface area contributed by atoms with Gasteiger partial charge in [-0.2, -0.15) is 0 Å². The summed E-state index contributed by atoms with van der Waals surface area (Å²) >= 11 is 1.59. The van der Waals surface area contributed by atoms with Crippen molar-refractivity contribution >= 4 is 11.3 Å². The molecule has 0 spiro atoms. The van der Waals surface area contributed by atoms with Crippen LogP contribution in [0.25, 0.3) is 0 Å². The molecule has 19 heavy (non-hydrogen) atoms. The zero-order chi connectivity index (χ0) is 13.7. The van der Waals surface area contributed by atoms with Gasteiger partial charge in [-0.3, -0.25) is 0 Å². The van der Waals surface area contributed by atoms with Crippen LogP contribution in [0.5, 0.6) is 11.5 Å². The van der Waals surface area contributed by atoms with Crippen molar-refractivity contribution in [3.05, 3.63) is 46.2 Å². The van der Waals surface area contributed by atoms with Crippen molar-refractivity contribution in [3.63, 3.8) is 0 Å². The van der Waals surface area contributed by atoms with Gasteiger partial charge in [-0.1, -0.05) is 12.1 Å². The number of hydrogen-bond acceptors (Lipinski definition) is 4. The molecule has 0 saturated carbocycles. The number of aryl methyl sites for hydroxylation is 1. The van der Waals surface area contributed by atoms with Crippen LogP contribution in [-0.4, -0.2) is 19.3 Å². The Morgan fingerprint density at radius 3 is 2.58 bits per heavy atom. The third-order valence-electron chi connectivity index (χ3n) is 3.03. The van der Waals surface area contributed by atoms with Crippen molar-refractivity contribution in [2.75, 3.05) is 14.2 Å². The molecule has 0 aliphatic heterocycles. The highest BCUT2D eigenvalue weighted by molar-refractivity contribution is 7.10. The lowest BCUT2D eigenvalue weighted by Gasteiger charge is -2.11. The van der Waals surface area contributed by atoms with Gasteiger partial charge in [0.15, 0.2) is 11.5 Å². The maximum Gasteiger partial charge on any atom is 0.160 e. The molecular weight excluding hydrogens is 260 g/mol. The molecule has 0 bridgehead atoms. The van der Waals surface area contributed by atoms with Gasteiger partial charge in [-0.25, -0.2) is 0 Å². The Morgan fingerprint density at radius 2 is 1.95 bits per heavy atom. The van der Waals surface area contributed by atoms with Crippen molar-refractivity contribution in [1.82, 2.24) is 0 Å². The number of methoxy groups -OCH3 is 2. The summed E-state index contributed by atoms with van der Waals surface area (Å²) in [7, 11) is 3.25. The Bertz CT molecular complexity index is 508. The second-order valence-corrected chi connectivity index (χ2v) is 5.24. The highest BCUT2D eigenvalue weighted by Crippen LogP contribution is 2.29. The van der Waals surface area contributed by atoms with Gasteiger partial charge in [0.25, 0.3) is 0 Å². The van der Waals surface area contributed by atoms with Gasteiger partial charge in [0.05, 0.1) is 20.3 Å². The fourth-order valence-corrected chi connectivity index (χ4v) is 2.71. The Balaban J connectivity index is 1.99. The largest absolute Gasteiger partial charge is 0.493 e. The van der Waals surface area contributed by atoms with Gasteiger partial charge < -0.3 is 14.6 Å². The predicted molar refractivity (Wildman–Crippen MR) is 77.1 cm³/mol. The van der Waals surface area contributed by atoms with E-state index in [1.165, 1.54) is 0 Å². The normalized spacial score (nSPS) is 12.2. The fraction of sp³-hybridized carbons (Fsp3) is 0.333. The summed E-state index contributed by atoms with van der Waals surface area (Å²) < 4.78 is 10.5. The first kappa shape index (κ1) is 13.9. The number of aliphatic hydroxyl groups is 1. The number of aliphatic hydroxyl groups excluding tert-OH is 1. The molecule has 1 heterocycles. The highest BCUT2D eigenvalue weighted by atomic mass is 32.1. The average molecular weight is 278 g/mol. The Labute approximate surface area is 117 Å². The molecule has 2 rings (SSSR count). The molecule has 0 radical (unpaired) electrons. The van der Waals surface area contributed by atoms with Gasteiger partial charge in [-0.05, 0) is 42.0 Å². The Hall–Kier alpha value is -1.52. The molecule has 1 unspecified atom stereocenters. The third-order valence-corrected chi connectivity index (χ3v) is 4.00. The van der Waals surface area contributed by atoms with Crippen LogP contribution >= 0.6 is 11.3 Å². The van der Waals surface area contributed by atoms with Gasteiger partial charge in [0.2, 0.25) is 0 Å². The second-order valence-electron chi connectivity index (χ2n) is 4.26. The van der Waals surface area contributed by atoms with Crippen molar-refractivity contribution in [2.24, 2.45) is 0 Å². The van der Waals surface area contributed by atoms with E-state index in [1.807, 2.05) is 35.7 Å².